The molecule has 38 heavy (non-hydrogen) atoms. The SMILES string of the molecule is CC(C)C[C@H]1CCN(C(=O)[C@@H](NC(=O)NC(C)(C)C)C(C)(C)C)[C@@H]1C(=O)NC(CC1CCC1)C(=O)C(N)=O. The van der Waals surface area contributed by atoms with E-state index in [0.717, 1.165) is 25.7 Å². The summed E-state index contributed by atoms with van der Waals surface area (Å²) in [5, 5.41) is 8.46. The highest BCUT2D eigenvalue weighted by Crippen LogP contribution is 2.34. The minimum absolute atomic E-state index is 0.115. The Morgan fingerprint density at radius 1 is 0.921 bits per heavy atom. The summed E-state index contributed by atoms with van der Waals surface area (Å²) in [6.45, 7) is 15.6. The summed E-state index contributed by atoms with van der Waals surface area (Å²) in [6, 6.07) is -3.16. The third-order valence-corrected chi connectivity index (χ3v) is 7.40. The number of primary amides is 1. The smallest absolute Gasteiger partial charge is 0.315 e. The normalized spacial score (nSPS) is 21.9. The van der Waals surface area contributed by atoms with Crippen molar-refractivity contribution in [3.8, 4) is 0 Å². The number of nitrogens with zero attached hydrogens (tertiary/aromatic N) is 1. The largest absolute Gasteiger partial charge is 0.363 e. The van der Waals surface area contributed by atoms with E-state index in [0.29, 0.717) is 19.4 Å². The molecule has 4 atom stereocenters. The van der Waals surface area contributed by atoms with Gasteiger partial charge in [0.2, 0.25) is 17.6 Å². The summed E-state index contributed by atoms with van der Waals surface area (Å²) >= 11 is 0. The molecule has 1 saturated heterocycles. The van der Waals surface area contributed by atoms with Gasteiger partial charge in [0.25, 0.3) is 5.91 Å². The van der Waals surface area contributed by atoms with Crippen LogP contribution in [-0.4, -0.2) is 64.6 Å². The van der Waals surface area contributed by atoms with Gasteiger partial charge in [-0.15, -0.1) is 0 Å². The van der Waals surface area contributed by atoms with Crippen LogP contribution in [0, 0.1) is 23.2 Å². The van der Waals surface area contributed by atoms with Crippen molar-refractivity contribution in [2.75, 3.05) is 6.54 Å². The highest BCUT2D eigenvalue weighted by Gasteiger charge is 2.47. The molecule has 0 aromatic rings. The van der Waals surface area contributed by atoms with Gasteiger partial charge in [-0.05, 0) is 63.2 Å². The second kappa shape index (κ2) is 12.5. The van der Waals surface area contributed by atoms with Gasteiger partial charge in [0, 0.05) is 12.1 Å². The molecule has 5 amide bonds. The van der Waals surface area contributed by atoms with Crippen LogP contribution < -0.4 is 21.7 Å². The van der Waals surface area contributed by atoms with Crippen LogP contribution in [0.3, 0.4) is 0 Å². The first-order chi connectivity index (χ1) is 17.4. The summed E-state index contributed by atoms with van der Waals surface area (Å²) < 4.78 is 0. The molecule has 0 bridgehead atoms. The Morgan fingerprint density at radius 3 is 1.97 bits per heavy atom. The third-order valence-electron chi connectivity index (χ3n) is 7.40. The number of likely N-dealkylation sites (tertiary alicyclic amines) is 1. The molecular weight excluding hydrogens is 486 g/mol. The van der Waals surface area contributed by atoms with E-state index >= 15 is 0 Å². The maximum absolute atomic E-state index is 14.0. The van der Waals surface area contributed by atoms with Gasteiger partial charge in [0.15, 0.2) is 0 Å². The number of rotatable bonds is 10. The summed E-state index contributed by atoms with van der Waals surface area (Å²) in [6.07, 6.45) is 4.65. The quantitative estimate of drug-likeness (QED) is 0.317. The van der Waals surface area contributed by atoms with Crippen molar-refractivity contribution < 1.29 is 24.0 Å². The molecule has 1 unspecified atom stereocenters. The van der Waals surface area contributed by atoms with Crippen LogP contribution in [0.2, 0.25) is 0 Å². The summed E-state index contributed by atoms with van der Waals surface area (Å²) in [5.74, 6) is -2.25. The Kier molecular flexibility index (Phi) is 10.4. The van der Waals surface area contributed by atoms with Crippen molar-refractivity contribution in [1.82, 2.24) is 20.9 Å². The number of nitrogens with one attached hydrogen (secondary N) is 3. The topological polar surface area (TPSA) is 151 Å². The van der Waals surface area contributed by atoms with Crippen molar-refractivity contribution in [3.63, 3.8) is 0 Å². The summed E-state index contributed by atoms with van der Waals surface area (Å²) in [4.78, 5) is 66.3. The van der Waals surface area contributed by atoms with Crippen molar-refractivity contribution in [1.29, 1.82) is 0 Å². The molecule has 0 aromatic heterocycles. The number of urea groups is 1. The third kappa shape index (κ3) is 8.70. The van der Waals surface area contributed by atoms with Gasteiger partial charge < -0.3 is 26.6 Å². The molecule has 2 fully saturated rings. The molecule has 2 aliphatic rings. The van der Waals surface area contributed by atoms with Gasteiger partial charge in [0.05, 0.1) is 6.04 Å². The van der Waals surface area contributed by atoms with Crippen LogP contribution in [0.4, 0.5) is 4.79 Å². The molecule has 1 aliphatic carbocycles. The zero-order valence-corrected chi connectivity index (χ0v) is 24.5. The Labute approximate surface area is 227 Å². The van der Waals surface area contributed by atoms with Gasteiger partial charge >= 0.3 is 6.03 Å². The number of hydrogen-bond donors (Lipinski definition) is 4. The van der Waals surface area contributed by atoms with Crippen molar-refractivity contribution in [2.24, 2.45) is 28.9 Å². The van der Waals surface area contributed by atoms with E-state index in [2.05, 4.69) is 29.8 Å². The number of carbonyl (C=O) groups excluding carboxylic acids is 5. The van der Waals surface area contributed by atoms with E-state index in [1.807, 2.05) is 41.5 Å². The van der Waals surface area contributed by atoms with Crippen LogP contribution in [-0.2, 0) is 19.2 Å². The number of nitrogens with two attached hydrogens (primary N) is 1. The lowest BCUT2D eigenvalue weighted by Crippen LogP contribution is -2.61. The van der Waals surface area contributed by atoms with Crippen molar-refractivity contribution >= 4 is 29.5 Å². The Bertz CT molecular complexity index is 900. The minimum atomic E-state index is -1.07. The second-order valence-electron chi connectivity index (χ2n) is 13.6. The Morgan fingerprint density at radius 2 is 1.53 bits per heavy atom. The standard InChI is InChI=1S/C28H49N5O5/c1-16(2)14-18-12-13-33(25(37)22(27(3,4)5)31-26(38)32-28(6,7)8)20(18)24(36)30-19(21(34)23(29)35)15-17-10-9-11-17/h16-20,22H,9-15H2,1-8H3,(H2,29,35)(H,30,36)(H2,31,32,38)/t18-,19?,20+,22-/m1/s1. The van der Waals surface area contributed by atoms with E-state index in [4.69, 9.17) is 5.73 Å². The first-order valence-electron chi connectivity index (χ1n) is 13.9. The molecule has 216 valence electrons. The van der Waals surface area contributed by atoms with E-state index in [1.54, 1.807) is 4.90 Å². The van der Waals surface area contributed by atoms with E-state index < -0.39 is 52.7 Å². The number of ketones is 1. The van der Waals surface area contributed by atoms with Gasteiger partial charge in [-0.1, -0.05) is 53.9 Å². The van der Waals surface area contributed by atoms with Crippen LogP contribution in [0.5, 0.6) is 0 Å². The van der Waals surface area contributed by atoms with Crippen LogP contribution >= 0.6 is 0 Å². The lowest BCUT2D eigenvalue weighted by molar-refractivity contribution is -0.144. The lowest BCUT2D eigenvalue weighted by atomic mass is 9.80. The number of Topliss-reactive ketones (excluding diaryl/α,β-unsaturated/α-hetero) is 1. The zero-order valence-electron chi connectivity index (χ0n) is 24.5. The van der Waals surface area contributed by atoms with Crippen LogP contribution in [0.15, 0.2) is 0 Å². The second-order valence-corrected chi connectivity index (χ2v) is 13.6. The Balaban J connectivity index is 2.33. The average molecular weight is 536 g/mol. The summed E-state index contributed by atoms with van der Waals surface area (Å²) in [7, 11) is 0. The summed E-state index contributed by atoms with van der Waals surface area (Å²) in [5.41, 5.74) is 4.18. The molecular formula is C28H49N5O5. The number of carbonyl (C=O) groups is 5. The lowest BCUT2D eigenvalue weighted by Gasteiger charge is -2.37. The molecule has 10 heteroatoms. The first kappa shape index (κ1) is 31.6. The number of amides is 5. The number of hydrogen-bond acceptors (Lipinski definition) is 5. The molecule has 2 rings (SSSR count). The minimum Gasteiger partial charge on any atom is -0.363 e. The van der Waals surface area contributed by atoms with Gasteiger partial charge in [-0.2, -0.15) is 0 Å². The Hall–Kier alpha value is -2.65. The fraction of sp³-hybridized carbons (Fsp3) is 0.821. The molecule has 0 spiro atoms. The molecule has 1 aliphatic heterocycles. The maximum atomic E-state index is 14.0. The van der Waals surface area contributed by atoms with Gasteiger partial charge in [-0.25, -0.2) is 4.79 Å². The average Bonchev–Trinajstić information content (AvgIpc) is 3.13. The monoisotopic (exact) mass is 535 g/mol. The van der Waals surface area contributed by atoms with E-state index in [-0.39, 0.29) is 23.7 Å². The van der Waals surface area contributed by atoms with E-state index in [9.17, 15) is 24.0 Å². The van der Waals surface area contributed by atoms with Crippen LogP contribution in [0.1, 0.15) is 93.9 Å². The highest BCUT2D eigenvalue weighted by molar-refractivity contribution is 6.37. The first-order valence-corrected chi connectivity index (χ1v) is 13.9. The molecule has 5 N–H and O–H groups in total. The van der Waals surface area contributed by atoms with Crippen molar-refractivity contribution in [2.45, 2.75) is 118 Å². The molecule has 1 saturated carbocycles. The molecule has 0 aromatic carbocycles. The van der Waals surface area contributed by atoms with Gasteiger partial charge in [-0.3, -0.25) is 19.2 Å². The fourth-order valence-electron chi connectivity index (χ4n) is 5.36. The predicted octanol–water partition coefficient (Wildman–Crippen LogP) is 2.49. The maximum Gasteiger partial charge on any atom is 0.315 e. The van der Waals surface area contributed by atoms with Crippen molar-refractivity contribution in [3.05, 3.63) is 0 Å². The fourth-order valence-corrected chi connectivity index (χ4v) is 5.36. The van der Waals surface area contributed by atoms with Crippen LogP contribution in [0.25, 0.3) is 0 Å². The molecule has 10 nitrogen and oxygen atoms in total. The highest BCUT2D eigenvalue weighted by atomic mass is 16.2. The predicted molar refractivity (Wildman–Crippen MR) is 146 cm³/mol. The zero-order chi connectivity index (χ0) is 29.0. The van der Waals surface area contributed by atoms with E-state index in [1.165, 1.54) is 0 Å². The van der Waals surface area contributed by atoms with Gasteiger partial charge in [0.1, 0.15) is 12.1 Å². The molecule has 0 radical (unpaired) electrons. The molecule has 1 heterocycles.